The van der Waals surface area contributed by atoms with Crippen molar-refractivity contribution >= 4 is 38.1 Å². The molecule has 1 saturated carbocycles. The number of nitrogens with zero attached hydrogens (tertiary/aromatic N) is 4. The van der Waals surface area contributed by atoms with Crippen molar-refractivity contribution in [3.05, 3.63) is 66.2 Å². The van der Waals surface area contributed by atoms with Gasteiger partial charge in [-0.3, -0.25) is 0 Å². The maximum absolute atomic E-state index is 14.1. The maximum Gasteiger partial charge on any atom is 0.243 e. The molecule has 2 aromatic rings. The molecule has 2 aromatic carbocycles. The van der Waals surface area contributed by atoms with Gasteiger partial charge in [-0.05, 0) is 93.6 Å². The second-order valence-corrected chi connectivity index (χ2v) is 16.7. The lowest BCUT2D eigenvalue weighted by Gasteiger charge is -2.33. The largest absolute Gasteiger partial charge is 0.378 e. The number of halogens is 1. The molecule has 0 radical (unpaired) electrons. The van der Waals surface area contributed by atoms with Gasteiger partial charge in [-0.25, -0.2) is 16.8 Å². The number of aryl methyl sites for hydroxylation is 1. The molecule has 0 spiro atoms. The molecule has 9 nitrogen and oxygen atoms in total. The summed E-state index contributed by atoms with van der Waals surface area (Å²) in [7, 11) is -7.64. The van der Waals surface area contributed by atoms with Gasteiger partial charge in [-0.15, -0.1) is 12.4 Å². The average molecular weight is 695 g/mol. The van der Waals surface area contributed by atoms with Crippen molar-refractivity contribution in [1.29, 1.82) is 0 Å². The maximum atomic E-state index is 14.1. The normalized spacial score (nSPS) is 21.2. The molecule has 0 aromatic heterocycles. The topological polar surface area (TPSA) is 90.5 Å². The van der Waals surface area contributed by atoms with E-state index in [0.717, 1.165) is 44.0 Å². The third kappa shape index (κ3) is 9.55. The van der Waals surface area contributed by atoms with Gasteiger partial charge in [-0.1, -0.05) is 43.5 Å². The van der Waals surface area contributed by atoms with E-state index in [1.165, 1.54) is 40.7 Å². The van der Waals surface area contributed by atoms with Crippen LogP contribution in [0.25, 0.3) is 0 Å². The van der Waals surface area contributed by atoms with E-state index >= 15 is 0 Å². The van der Waals surface area contributed by atoms with E-state index in [1.807, 2.05) is 31.2 Å². The van der Waals surface area contributed by atoms with Gasteiger partial charge in [0.25, 0.3) is 0 Å². The van der Waals surface area contributed by atoms with Crippen molar-refractivity contribution in [2.45, 2.75) is 61.7 Å². The number of sulfonamides is 2. The van der Waals surface area contributed by atoms with Crippen LogP contribution in [-0.4, -0.2) is 102 Å². The molecule has 0 unspecified atom stereocenters. The first-order valence-corrected chi connectivity index (χ1v) is 19.4. The Hall–Kier alpha value is -1.99. The Morgan fingerprint density at radius 3 is 1.72 bits per heavy atom. The summed E-state index contributed by atoms with van der Waals surface area (Å²) in [5, 5.41) is 0. The van der Waals surface area contributed by atoms with Gasteiger partial charge in [0.2, 0.25) is 20.0 Å². The van der Waals surface area contributed by atoms with Crippen molar-refractivity contribution in [1.82, 2.24) is 13.5 Å². The van der Waals surface area contributed by atoms with Crippen LogP contribution in [-0.2, 0) is 24.8 Å². The van der Waals surface area contributed by atoms with Crippen LogP contribution in [0.1, 0.15) is 50.5 Å². The number of hydrogen-bond donors (Lipinski definition) is 0. The molecule has 0 N–H and O–H groups in total. The number of rotatable bonds is 7. The van der Waals surface area contributed by atoms with Gasteiger partial charge in [0.1, 0.15) is 0 Å². The minimum absolute atomic E-state index is 0. The zero-order chi connectivity index (χ0) is 31.9. The fraction of sp³-hybridized carbons (Fsp3) is 0.588. The standard InChI is InChI=1S/C34H50N4O5S2.ClH/c1-29-10-14-33(15-11-29)44(39,40)37-20-6-18-35(28-31-8-4-3-5-9-31)19-7-21-38(27-30(2)26-37)45(41,42)34-16-12-32(13-17-34)36-22-24-43-25-23-36;/h10-17,31H,2-9,18-28H2,1H3;1H. The minimum atomic E-state index is -3.84. The molecule has 3 aliphatic rings. The van der Waals surface area contributed by atoms with Crippen molar-refractivity contribution in [3.8, 4) is 0 Å². The second kappa shape index (κ2) is 16.9. The average Bonchev–Trinajstić information content (AvgIpc) is 3.04. The number of ether oxygens (including phenoxy) is 1. The van der Waals surface area contributed by atoms with E-state index in [0.29, 0.717) is 50.6 Å². The molecule has 2 saturated heterocycles. The Bertz CT molecular complexity index is 1470. The fourth-order valence-corrected chi connectivity index (χ4v) is 9.75. The summed E-state index contributed by atoms with van der Waals surface area (Å²) in [4.78, 5) is 5.12. The van der Waals surface area contributed by atoms with Crippen LogP contribution in [0.5, 0.6) is 0 Å². The SMILES string of the molecule is C=C1CN(S(=O)(=O)c2ccc(C)cc2)CCCN(CC2CCCCC2)CCCN(S(=O)(=O)c2ccc(N3CCOCC3)cc2)C1.Cl. The highest BCUT2D eigenvalue weighted by atomic mass is 35.5. The zero-order valence-electron chi connectivity index (χ0n) is 27.2. The molecule has 5 rings (SSSR count). The highest BCUT2D eigenvalue weighted by Crippen LogP contribution is 2.27. The Labute approximate surface area is 283 Å². The third-order valence-electron chi connectivity index (χ3n) is 9.31. The number of anilines is 1. The first-order chi connectivity index (χ1) is 21.6. The van der Waals surface area contributed by atoms with Crippen molar-refractivity contribution < 1.29 is 21.6 Å². The molecule has 2 aliphatic heterocycles. The summed E-state index contributed by atoms with van der Waals surface area (Å²) in [6.07, 6.45) is 7.70. The van der Waals surface area contributed by atoms with Gasteiger partial charge in [0, 0.05) is 51.5 Å². The van der Waals surface area contributed by atoms with Crippen LogP contribution in [0.4, 0.5) is 5.69 Å². The summed E-state index contributed by atoms with van der Waals surface area (Å²) in [6.45, 7) is 12.4. The van der Waals surface area contributed by atoms with E-state index in [9.17, 15) is 16.8 Å². The van der Waals surface area contributed by atoms with E-state index < -0.39 is 20.0 Å². The molecule has 46 heavy (non-hydrogen) atoms. The molecule has 0 bridgehead atoms. The van der Waals surface area contributed by atoms with Crippen LogP contribution in [0.3, 0.4) is 0 Å². The summed E-state index contributed by atoms with van der Waals surface area (Å²) in [6, 6.07) is 14.0. The molecule has 256 valence electrons. The lowest BCUT2D eigenvalue weighted by molar-refractivity contribution is 0.122. The van der Waals surface area contributed by atoms with Gasteiger partial charge < -0.3 is 14.5 Å². The number of benzene rings is 2. The molecule has 3 fully saturated rings. The Kier molecular flexibility index (Phi) is 13.5. The highest BCUT2D eigenvalue weighted by molar-refractivity contribution is 7.89. The van der Waals surface area contributed by atoms with Crippen LogP contribution in [0.15, 0.2) is 70.5 Å². The molecule has 1 aliphatic carbocycles. The summed E-state index contributed by atoms with van der Waals surface area (Å²) < 4.78 is 64.3. The smallest absolute Gasteiger partial charge is 0.243 e. The first kappa shape index (κ1) is 36.8. The number of hydrogen-bond acceptors (Lipinski definition) is 7. The summed E-state index contributed by atoms with van der Waals surface area (Å²) >= 11 is 0. The van der Waals surface area contributed by atoms with Crippen molar-refractivity contribution in [2.24, 2.45) is 5.92 Å². The van der Waals surface area contributed by atoms with Crippen LogP contribution in [0, 0.1) is 12.8 Å². The van der Waals surface area contributed by atoms with E-state index in [1.54, 1.807) is 24.3 Å². The van der Waals surface area contributed by atoms with Gasteiger partial charge in [0.15, 0.2) is 0 Å². The highest BCUT2D eigenvalue weighted by Gasteiger charge is 2.30. The Morgan fingerprint density at radius 2 is 1.20 bits per heavy atom. The monoisotopic (exact) mass is 694 g/mol. The van der Waals surface area contributed by atoms with Crippen LogP contribution >= 0.6 is 12.4 Å². The Balaban J connectivity index is 0.00000480. The predicted molar refractivity (Wildman–Crippen MR) is 187 cm³/mol. The van der Waals surface area contributed by atoms with Crippen LogP contribution in [0.2, 0.25) is 0 Å². The van der Waals surface area contributed by atoms with Gasteiger partial charge >= 0.3 is 0 Å². The van der Waals surface area contributed by atoms with E-state index in [-0.39, 0.29) is 35.3 Å². The van der Waals surface area contributed by atoms with E-state index in [4.69, 9.17) is 4.74 Å². The molecule has 2 heterocycles. The quantitative estimate of drug-likeness (QED) is 0.370. The number of morpholine rings is 1. The zero-order valence-corrected chi connectivity index (χ0v) is 29.6. The summed E-state index contributed by atoms with van der Waals surface area (Å²) in [5.41, 5.74) is 2.52. The second-order valence-electron chi connectivity index (χ2n) is 12.8. The fourth-order valence-electron chi connectivity index (χ4n) is 6.75. The molecule has 12 heteroatoms. The predicted octanol–water partition coefficient (Wildman–Crippen LogP) is 5.17. The Morgan fingerprint density at radius 1 is 0.696 bits per heavy atom. The van der Waals surface area contributed by atoms with Crippen LogP contribution < -0.4 is 4.90 Å². The lowest BCUT2D eigenvalue weighted by Crippen LogP contribution is -2.42. The minimum Gasteiger partial charge on any atom is -0.378 e. The van der Waals surface area contributed by atoms with Crippen molar-refractivity contribution in [3.63, 3.8) is 0 Å². The first-order valence-electron chi connectivity index (χ1n) is 16.5. The van der Waals surface area contributed by atoms with Gasteiger partial charge in [0.05, 0.1) is 23.0 Å². The molecule has 0 amide bonds. The van der Waals surface area contributed by atoms with Crippen molar-refractivity contribution in [2.75, 3.05) is 77.0 Å². The molecular formula is C34H51ClN4O5S2. The molecular weight excluding hydrogens is 644 g/mol. The van der Waals surface area contributed by atoms with E-state index in [2.05, 4.69) is 16.4 Å². The third-order valence-corrected chi connectivity index (χ3v) is 13.0. The molecule has 0 atom stereocenters. The summed E-state index contributed by atoms with van der Waals surface area (Å²) in [5.74, 6) is 0.642. The lowest BCUT2D eigenvalue weighted by atomic mass is 9.89. The van der Waals surface area contributed by atoms with Gasteiger partial charge in [-0.2, -0.15) is 8.61 Å².